The molecule has 0 saturated carbocycles. The summed E-state index contributed by atoms with van der Waals surface area (Å²) in [5.74, 6) is 0.142. The van der Waals surface area contributed by atoms with Crippen molar-refractivity contribution in [2.75, 3.05) is 6.54 Å². The third-order valence-electron chi connectivity index (χ3n) is 4.45. The van der Waals surface area contributed by atoms with Gasteiger partial charge in [0.15, 0.2) is 0 Å². The Morgan fingerprint density at radius 1 is 1.31 bits per heavy atom. The van der Waals surface area contributed by atoms with Gasteiger partial charge in [0.25, 0.3) is 0 Å². The monoisotopic (exact) mass is 358 g/mol. The molecule has 1 N–H and O–H groups in total. The first-order valence-electron chi connectivity index (χ1n) is 9.02. The molecule has 0 atom stereocenters. The lowest BCUT2D eigenvalue weighted by molar-refractivity contribution is -0.136. The summed E-state index contributed by atoms with van der Waals surface area (Å²) in [4.78, 5) is 26.0. The minimum Gasteiger partial charge on any atom is -0.350 e. The second kappa shape index (κ2) is 7.72. The van der Waals surface area contributed by atoms with E-state index in [-0.39, 0.29) is 17.7 Å². The summed E-state index contributed by atoms with van der Waals surface area (Å²) in [6.07, 6.45) is 4.08. The molecular weight excluding hydrogens is 332 g/mol. The SMILES string of the molecule is Cc1cnn(CCC(=O)NCc2cc3n(n2)CCN(C(=O)C(C)C)C3)c1. The topological polar surface area (TPSA) is 85.1 Å². The van der Waals surface area contributed by atoms with Gasteiger partial charge in [-0.2, -0.15) is 10.2 Å². The molecular formula is C18H26N6O2. The minimum absolute atomic E-state index is 0.00167. The maximum Gasteiger partial charge on any atom is 0.225 e. The van der Waals surface area contributed by atoms with E-state index in [1.54, 1.807) is 10.9 Å². The lowest BCUT2D eigenvalue weighted by Crippen LogP contribution is -2.40. The van der Waals surface area contributed by atoms with Gasteiger partial charge in [0.2, 0.25) is 11.8 Å². The predicted molar refractivity (Wildman–Crippen MR) is 95.9 cm³/mol. The Morgan fingerprint density at radius 3 is 2.81 bits per heavy atom. The maximum absolute atomic E-state index is 12.2. The number of fused-ring (bicyclic) bond motifs is 1. The first-order chi connectivity index (χ1) is 12.4. The van der Waals surface area contributed by atoms with E-state index in [4.69, 9.17) is 0 Å². The van der Waals surface area contributed by atoms with Crippen molar-refractivity contribution < 1.29 is 9.59 Å². The molecule has 2 aromatic rings. The molecule has 0 spiro atoms. The summed E-state index contributed by atoms with van der Waals surface area (Å²) in [6, 6.07) is 1.97. The Kier molecular flexibility index (Phi) is 5.39. The molecule has 3 heterocycles. The number of nitrogens with one attached hydrogen (secondary N) is 1. The summed E-state index contributed by atoms with van der Waals surface area (Å²) in [6.45, 7) is 8.72. The molecule has 0 bridgehead atoms. The van der Waals surface area contributed by atoms with Gasteiger partial charge in [-0.05, 0) is 18.6 Å². The number of hydrogen-bond donors (Lipinski definition) is 1. The summed E-state index contributed by atoms with van der Waals surface area (Å²) in [5.41, 5.74) is 2.92. The van der Waals surface area contributed by atoms with Crippen molar-refractivity contribution in [1.29, 1.82) is 0 Å². The highest BCUT2D eigenvalue weighted by Crippen LogP contribution is 2.16. The van der Waals surface area contributed by atoms with E-state index >= 15 is 0 Å². The fourth-order valence-electron chi connectivity index (χ4n) is 3.05. The number of rotatable bonds is 6. The van der Waals surface area contributed by atoms with E-state index in [2.05, 4.69) is 15.5 Å². The van der Waals surface area contributed by atoms with Gasteiger partial charge in [0.05, 0.1) is 37.2 Å². The highest BCUT2D eigenvalue weighted by molar-refractivity contribution is 5.78. The first kappa shape index (κ1) is 18.2. The van der Waals surface area contributed by atoms with Crippen LogP contribution in [-0.2, 0) is 35.8 Å². The number of amides is 2. The fraction of sp³-hybridized carbons (Fsp3) is 0.556. The number of nitrogens with zero attached hydrogens (tertiary/aromatic N) is 5. The van der Waals surface area contributed by atoms with Crippen LogP contribution in [0.5, 0.6) is 0 Å². The number of aromatic nitrogens is 4. The normalized spacial score (nSPS) is 13.8. The van der Waals surface area contributed by atoms with Crippen molar-refractivity contribution >= 4 is 11.8 Å². The lowest BCUT2D eigenvalue weighted by atomic mass is 10.1. The zero-order valence-electron chi connectivity index (χ0n) is 15.6. The molecule has 0 aliphatic carbocycles. The molecule has 0 radical (unpaired) electrons. The van der Waals surface area contributed by atoms with Crippen LogP contribution in [0.25, 0.3) is 0 Å². The Bertz CT molecular complexity index is 791. The Morgan fingerprint density at radius 2 is 2.12 bits per heavy atom. The molecule has 2 amide bonds. The summed E-state index contributed by atoms with van der Waals surface area (Å²) in [5, 5.41) is 11.6. The summed E-state index contributed by atoms with van der Waals surface area (Å²) >= 11 is 0. The number of aryl methyl sites for hydroxylation is 2. The average Bonchev–Trinajstić information content (AvgIpc) is 3.22. The van der Waals surface area contributed by atoms with Crippen molar-refractivity contribution in [3.8, 4) is 0 Å². The molecule has 26 heavy (non-hydrogen) atoms. The number of hydrogen-bond acceptors (Lipinski definition) is 4. The Balaban J connectivity index is 1.49. The maximum atomic E-state index is 12.2. The second-order valence-corrected chi connectivity index (χ2v) is 7.07. The third-order valence-corrected chi connectivity index (χ3v) is 4.45. The highest BCUT2D eigenvalue weighted by Gasteiger charge is 2.23. The largest absolute Gasteiger partial charge is 0.350 e. The van der Waals surface area contributed by atoms with Crippen molar-refractivity contribution in [2.24, 2.45) is 5.92 Å². The van der Waals surface area contributed by atoms with Crippen LogP contribution >= 0.6 is 0 Å². The molecule has 2 aromatic heterocycles. The molecule has 0 fully saturated rings. The fourth-order valence-corrected chi connectivity index (χ4v) is 3.05. The van der Waals surface area contributed by atoms with Crippen LogP contribution in [0.15, 0.2) is 18.5 Å². The molecule has 8 heteroatoms. The van der Waals surface area contributed by atoms with Gasteiger partial charge in [-0.3, -0.25) is 19.0 Å². The number of carbonyl (C=O) groups is 2. The molecule has 3 rings (SSSR count). The van der Waals surface area contributed by atoms with Gasteiger partial charge in [-0.15, -0.1) is 0 Å². The van der Waals surface area contributed by atoms with E-state index in [9.17, 15) is 9.59 Å². The third kappa shape index (κ3) is 4.30. The van der Waals surface area contributed by atoms with Crippen LogP contribution < -0.4 is 5.32 Å². The van der Waals surface area contributed by atoms with Gasteiger partial charge in [0.1, 0.15) is 0 Å². The van der Waals surface area contributed by atoms with E-state index in [0.717, 1.165) is 17.0 Å². The van der Waals surface area contributed by atoms with Gasteiger partial charge >= 0.3 is 0 Å². The quantitative estimate of drug-likeness (QED) is 0.838. The van der Waals surface area contributed by atoms with Crippen LogP contribution in [-0.4, -0.2) is 42.8 Å². The van der Waals surface area contributed by atoms with E-state index in [0.29, 0.717) is 39.1 Å². The van der Waals surface area contributed by atoms with Gasteiger partial charge in [-0.1, -0.05) is 13.8 Å². The summed E-state index contributed by atoms with van der Waals surface area (Å²) in [7, 11) is 0. The Labute approximate surface area is 153 Å². The van der Waals surface area contributed by atoms with E-state index < -0.39 is 0 Å². The van der Waals surface area contributed by atoms with Crippen LogP contribution in [0.4, 0.5) is 0 Å². The van der Waals surface area contributed by atoms with E-state index in [1.165, 1.54) is 0 Å². The van der Waals surface area contributed by atoms with Gasteiger partial charge < -0.3 is 10.2 Å². The average molecular weight is 358 g/mol. The highest BCUT2D eigenvalue weighted by atomic mass is 16.2. The van der Waals surface area contributed by atoms with Crippen LogP contribution in [0.3, 0.4) is 0 Å². The first-order valence-corrected chi connectivity index (χ1v) is 9.02. The molecule has 0 saturated heterocycles. The smallest absolute Gasteiger partial charge is 0.225 e. The van der Waals surface area contributed by atoms with Gasteiger partial charge in [-0.25, -0.2) is 0 Å². The molecule has 140 valence electrons. The van der Waals surface area contributed by atoms with Crippen molar-refractivity contribution in [1.82, 2.24) is 29.8 Å². The minimum atomic E-state index is -0.0271. The summed E-state index contributed by atoms with van der Waals surface area (Å²) < 4.78 is 3.70. The van der Waals surface area contributed by atoms with Gasteiger partial charge in [0, 0.05) is 31.6 Å². The van der Waals surface area contributed by atoms with Crippen molar-refractivity contribution in [2.45, 2.75) is 53.4 Å². The van der Waals surface area contributed by atoms with Crippen molar-refractivity contribution in [3.05, 3.63) is 35.4 Å². The van der Waals surface area contributed by atoms with E-state index in [1.807, 2.05) is 42.6 Å². The van der Waals surface area contributed by atoms with Crippen LogP contribution in [0.2, 0.25) is 0 Å². The Hall–Kier alpha value is -2.64. The predicted octanol–water partition coefficient (Wildman–Crippen LogP) is 1.09. The number of carbonyl (C=O) groups excluding carboxylic acids is 2. The molecule has 1 aliphatic rings. The van der Waals surface area contributed by atoms with Crippen molar-refractivity contribution in [3.63, 3.8) is 0 Å². The standard InChI is InChI=1S/C18H26N6O2/c1-13(2)18(26)22-6-7-24-16(12-22)8-15(21-24)10-19-17(25)4-5-23-11-14(3)9-20-23/h8-9,11,13H,4-7,10,12H2,1-3H3,(H,19,25). The lowest BCUT2D eigenvalue weighted by Gasteiger charge is -2.29. The molecule has 8 nitrogen and oxygen atoms in total. The second-order valence-electron chi connectivity index (χ2n) is 7.07. The zero-order chi connectivity index (χ0) is 18.7. The van der Waals surface area contributed by atoms with Crippen LogP contribution in [0, 0.1) is 12.8 Å². The zero-order valence-corrected chi connectivity index (χ0v) is 15.6. The molecule has 0 aromatic carbocycles. The molecule has 1 aliphatic heterocycles. The molecule has 0 unspecified atom stereocenters. The van der Waals surface area contributed by atoms with Crippen LogP contribution in [0.1, 0.15) is 37.2 Å².